The molecule has 24 rings (SSSR count). The predicted molar refractivity (Wildman–Crippen MR) is 469 cm³/mol. The van der Waals surface area contributed by atoms with Crippen molar-refractivity contribution in [2.45, 2.75) is 5.41 Å². The first-order chi connectivity index (χ1) is 55.1. The van der Waals surface area contributed by atoms with Crippen LogP contribution in [0.2, 0.25) is 0 Å². The first kappa shape index (κ1) is 63.2. The zero-order valence-electron chi connectivity index (χ0n) is 59.9. The van der Waals surface area contributed by atoms with Gasteiger partial charge in [0.15, 0.2) is 0 Å². The van der Waals surface area contributed by atoms with Crippen LogP contribution in [0.15, 0.2) is 377 Å². The van der Waals surface area contributed by atoms with Crippen molar-refractivity contribution >= 4 is 128 Å². The molecule has 4 heterocycles. The molecule has 111 heavy (non-hydrogen) atoms. The molecule has 0 amide bonds. The van der Waals surface area contributed by atoms with Gasteiger partial charge in [0.05, 0.1) is 27.5 Å². The molecule has 4 aromatic heterocycles. The van der Waals surface area contributed by atoms with E-state index < -0.39 is 0 Å². The molecule has 22 aromatic rings. The van der Waals surface area contributed by atoms with E-state index in [2.05, 4.69) is 352 Å². The maximum absolute atomic E-state index is 4.78. The molecule has 18 aromatic carbocycles. The molecular formula is C105H62N4S2. The summed E-state index contributed by atoms with van der Waals surface area (Å²) in [6, 6.07) is 130. The zero-order chi connectivity index (χ0) is 72.8. The Labute approximate surface area is 647 Å². The molecule has 0 atom stereocenters. The number of rotatable bonds is 7. The van der Waals surface area contributed by atoms with Gasteiger partial charge in [0.2, 0.25) is 0 Å². The maximum atomic E-state index is 4.78. The number of fused-ring (bicyclic) bond motifs is 28. The summed E-state index contributed by atoms with van der Waals surface area (Å²) in [6.45, 7) is 0. The second kappa shape index (κ2) is 25.1. The normalized spacial score (nSPS) is 12.6. The van der Waals surface area contributed by atoms with Crippen LogP contribution in [-0.2, 0) is 5.41 Å². The summed E-state index contributed by atoms with van der Waals surface area (Å²) in [6.07, 6.45) is 7.14. The van der Waals surface area contributed by atoms with Gasteiger partial charge >= 0.3 is 0 Å². The van der Waals surface area contributed by atoms with Gasteiger partial charge in [-0.1, -0.05) is 322 Å². The molecule has 2 aliphatic carbocycles. The van der Waals surface area contributed by atoms with Gasteiger partial charge in [0.1, 0.15) is 0 Å². The summed E-state index contributed by atoms with van der Waals surface area (Å²) in [7, 11) is 0. The molecule has 1 spiro atoms. The Morgan fingerprint density at radius 1 is 0.162 bits per heavy atom. The van der Waals surface area contributed by atoms with Crippen molar-refractivity contribution in [2.75, 3.05) is 0 Å². The van der Waals surface area contributed by atoms with Crippen LogP contribution in [0.1, 0.15) is 22.3 Å². The average molecular weight is 1440 g/mol. The van der Waals surface area contributed by atoms with Crippen molar-refractivity contribution in [3.8, 4) is 100 Å². The van der Waals surface area contributed by atoms with Crippen LogP contribution in [0.25, 0.3) is 206 Å². The van der Waals surface area contributed by atoms with Crippen molar-refractivity contribution in [3.63, 3.8) is 0 Å². The van der Waals surface area contributed by atoms with E-state index in [1.807, 2.05) is 22.7 Å². The number of aromatic nitrogens is 4. The first-order valence-corrected chi connectivity index (χ1v) is 39.5. The van der Waals surface area contributed by atoms with E-state index in [1.165, 1.54) is 184 Å². The molecule has 0 aliphatic heterocycles. The van der Waals surface area contributed by atoms with Crippen LogP contribution in [0, 0.1) is 0 Å². The summed E-state index contributed by atoms with van der Waals surface area (Å²) in [5.41, 5.74) is 31.4. The molecule has 2 aliphatic rings. The summed E-state index contributed by atoms with van der Waals surface area (Å²) in [5, 5.41) is 14.5. The number of hydrogen-bond donors (Lipinski definition) is 0. The van der Waals surface area contributed by atoms with E-state index in [0.29, 0.717) is 0 Å². The van der Waals surface area contributed by atoms with Crippen LogP contribution < -0.4 is 0 Å². The van der Waals surface area contributed by atoms with Gasteiger partial charge in [-0.05, 0) is 174 Å². The molecule has 6 heteroatoms. The van der Waals surface area contributed by atoms with Gasteiger partial charge in [0, 0.05) is 86.7 Å². The molecule has 0 saturated heterocycles. The van der Waals surface area contributed by atoms with Gasteiger partial charge in [-0.2, -0.15) is 0 Å². The quantitative estimate of drug-likeness (QED) is 0.149. The molecule has 0 unspecified atom stereocenters. The highest BCUT2D eigenvalue weighted by molar-refractivity contribution is 7.27. The van der Waals surface area contributed by atoms with Crippen LogP contribution in [-0.4, -0.2) is 19.9 Å². The van der Waals surface area contributed by atoms with E-state index >= 15 is 0 Å². The Kier molecular flexibility index (Phi) is 14.3. The lowest BCUT2D eigenvalue weighted by Gasteiger charge is -2.30. The third-order valence-corrected chi connectivity index (χ3v) is 26.1. The minimum atomic E-state index is -0.374. The molecule has 4 nitrogen and oxygen atoms in total. The number of nitrogens with zero attached hydrogens (tertiary/aromatic N) is 4. The number of thiophene rings is 2. The van der Waals surface area contributed by atoms with Crippen molar-refractivity contribution in [2.24, 2.45) is 0 Å². The van der Waals surface area contributed by atoms with Gasteiger partial charge in [-0.25, -0.2) is 0 Å². The van der Waals surface area contributed by atoms with Crippen LogP contribution in [0.5, 0.6) is 0 Å². The Bertz CT molecular complexity index is 7530. The first-order valence-electron chi connectivity index (χ1n) is 37.9. The van der Waals surface area contributed by atoms with Crippen molar-refractivity contribution in [1.29, 1.82) is 0 Å². The highest BCUT2D eigenvalue weighted by Crippen LogP contribution is 2.63. The monoisotopic (exact) mass is 1440 g/mol. The molecule has 0 fully saturated rings. The van der Waals surface area contributed by atoms with Crippen LogP contribution in [0.4, 0.5) is 0 Å². The smallest absolute Gasteiger partial charge is 0.0971 e. The van der Waals surface area contributed by atoms with Crippen molar-refractivity contribution < 1.29 is 0 Å². The Morgan fingerprint density at radius 3 is 0.883 bits per heavy atom. The minimum Gasteiger partial charge on any atom is -0.252 e. The zero-order valence-corrected chi connectivity index (χ0v) is 61.5. The number of benzene rings is 18. The standard InChI is InChI=1S/C59H34N2S.C46H28N2S/c1-2-18-46-41(14-1)50-33-36(26-29-47(50)56-55(46)60-30-31-61-56)35-12-9-13-37(32-35)39-19-10-21-48-49-22-11-20-40(58(49)62-57(39)48)38-27-28-45-44-17-5-8-25-53(44)59(54(45)34-38)51-23-6-3-15-42(51)43-16-4-7-24-52(43)59;1-2-9-29(10-3-1)30-19-21-31(22-20-30)35-15-7-17-40-41-18-8-16-36(46(41)49-45(35)40)34-12-6-11-32(27-34)33-23-24-39-42(28-33)37-13-4-5-14-38(37)43-44(39)48-26-25-47-43/h1-34H;1-28H. The van der Waals surface area contributed by atoms with E-state index in [9.17, 15) is 0 Å². The maximum Gasteiger partial charge on any atom is 0.0971 e. The Morgan fingerprint density at radius 2 is 0.441 bits per heavy atom. The van der Waals surface area contributed by atoms with Gasteiger partial charge in [-0.3, -0.25) is 19.9 Å². The molecule has 0 radical (unpaired) electrons. The Balaban J connectivity index is 0.000000137. The Hall–Kier alpha value is -13.9. The third kappa shape index (κ3) is 9.71. The second-order valence-electron chi connectivity index (χ2n) is 29.3. The van der Waals surface area contributed by atoms with Crippen molar-refractivity contribution in [1.82, 2.24) is 19.9 Å². The lowest BCUT2D eigenvalue weighted by atomic mass is 9.70. The summed E-state index contributed by atoms with van der Waals surface area (Å²) in [5.74, 6) is 0. The van der Waals surface area contributed by atoms with E-state index in [1.54, 1.807) is 24.8 Å². The topological polar surface area (TPSA) is 51.6 Å². The van der Waals surface area contributed by atoms with E-state index in [-0.39, 0.29) is 5.41 Å². The fraction of sp³-hybridized carbons (Fsp3) is 0.00952. The van der Waals surface area contributed by atoms with E-state index in [0.717, 1.165) is 43.6 Å². The van der Waals surface area contributed by atoms with E-state index in [4.69, 9.17) is 19.9 Å². The van der Waals surface area contributed by atoms with Gasteiger partial charge in [0.25, 0.3) is 0 Å². The summed E-state index contributed by atoms with van der Waals surface area (Å²) in [4.78, 5) is 19.0. The molecule has 514 valence electrons. The lowest BCUT2D eigenvalue weighted by molar-refractivity contribution is 0.794. The lowest BCUT2D eigenvalue weighted by Crippen LogP contribution is -2.25. The fourth-order valence-electron chi connectivity index (χ4n) is 18.6. The largest absolute Gasteiger partial charge is 0.252 e. The average Bonchev–Trinajstić information content (AvgIpc) is 1.49. The molecule has 0 saturated carbocycles. The van der Waals surface area contributed by atoms with Crippen LogP contribution >= 0.6 is 22.7 Å². The second-order valence-corrected chi connectivity index (χ2v) is 31.3. The fourth-order valence-corrected chi connectivity index (χ4v) is 21.4. The third-order valence-electron chi connectivity index (χ3n) is 23.6. The van der Waals surface area contributed by atoms with Crippen LogP contribution in [0.3, 0.4) is 0 Å². The summed E-state index contributed by atoms with van der Waals surface area (Å²) >= 11 is 3.82. The van der Waals surface area contributed by atoms with Gasteiger partial charge in [-0.15, -0.1) is 22.7 Å². The SMILES string of the molecule is c1cc(-c2ccc3c(c2)c2ccccc2c2nccnc32)cc(-c2cccc3c2sc2c(-c4ccc5c(c4)C4(c6ccccc6-c6ccccc64)c4ccccc4-5)cccc23)c1.c1ccc(-c2ccc(-c3cccc4c3sc3c(-c5cccc(-c6ccc7c(c6)c6ccccc6c6nccnc76)c5)cccc34)cc2)cc1. The van der Waals surface area contributed by atoms with Gasteiger partial charge < -0.3 is 0 Å². The number of hydrogen-bond acceptors (Lipinski definition) is 6. The summed E-state index contributed by atoms with van der Waals surface area (Å²) < 4.78 is 5.27. The predicted octanol–water partition coefficient (Wildman–Crippen LogP) is 28.6. The highest BCUT2D eigenvalue weighted by atomic mass is 32.1. The molecule has 0 bridgehead atoms. The molecule has 0 N–H and O–H groups in total. The minimum absolute atomic E-state index is 0.374. The highest BCUT2D eigenvalue weighted by Gasteiger charge is 2.51. The molecular weight excluding hydrogens is 1380 g/mol. The van der Waals surface area contributed by atoms with Crippen molar-refractivity contribution in [3.05, 3.63) is 399 Å².